The molecule has 0 fully saturated rings. The summed E-state index contributed by atoms with van der Waals surface area (Å²) in [6, 6.07) is 15.2. The summed E-state index contributed by atoms with van der Waals surface area (Å²) in [5, 5.41) is 3.56. The minimum absolute atomic E-state index is 0.0995. The standard InChI is InChI=1S/C25H30N6O2/c1-3-30(4-2)16-17-31-21-13-8-7-12-20(21)27-25(31)29-23(32)15-9-14-22-26-19-11-6-5-10-18(19)24(33)28-22/h5-8,10-13H,3-4,9,14-17H2,1-2H3,(H,26,28,33)(H,27,29,32). The molecule has 2 heterocycles. The van der Waals surface area contributed by atoms with Crippen LogP contribution in [0.15, 0.2) is 53.3 Å². The Morgan fingerprint density at radius 3 is 2.55 bits per heavy atom. The lowest BCUT2D eigenvalue weighted by Gasteiger charge is -2.19. The van der Waals surface area contributed by atoms with Crippen molar-refractivity contribution in [3.63, 3.8) is 0 Å². The Bertz CT molecular complexity index is 1310. The van der Waals surface area contributed by atoms with Crippen molar-refractivity contribution in [1.82, 2.24) is 24.4 Å². The van der Waals surface area contributed by atoms with Crippen molar-refractivity contribution in [2.24, 2.45) is 0 Å². The lowest BCUT2D eigenvalue weighted by molar-refractivity contribution is -0.116. The second-order valence-corrected chi connectivity index (χ2v) is 8.03. The molecule has 0 radical (unpaired) electrons. The predicted octanol–water partition coefficient (Wildman–Crippen LogP) is 3.58. The Morgan fingerprint density at radius 1 is 1.03 bits per heavy atom. The first-order chi connectivity index (χ1) is 16.1. The van der Waals surface area contributed by atoms with E-state index < -0.39 is 0 Å². The quantitative estimate of drug-likeness (QED) is 0.388. The van der Waals surface area contributed by atoms with Crippen molar-refractivity contribution in [2.75, 3.05) is 25.0 Å². The van der Waals surface area contributed by atoms with Crippen LogP contribution in [0.3, 0.4) is 0 Å². The number of aromatic amines is 1. The number of para-hydroxylation sites is 3. The number of hydrogen-bond acceptors (Lipinski definition) is 5. The maximum Gasteiger partial charge on any atom is 0.258 e. The number of nitrogens with zero attached hydrogens (tertiary/aromatic N) is 4. The third-order valence-electron chi connectivity index (χ3n) is 5.92. The first kappa shape index (κ1) is 22.7. The van der Waals surface area contributed by atoms with Crippen molar-refractivity contribution < 1.29 is 4.79 Å². The number of anilines is 1. The average Bonchev–Trinajstić information content (AvgIpc) is 3.16. The van der Waals surface area contributed by atoms with Crippen LogP contribution in [-0.4, -0.2) is 50.0 Å². The molecule has 8 nitrogen and oxygen atoms in total. The first-order valence-electron chi connectivity index (χ1n) is 11.5. The SMILES string of the molecule is CCN(CC)CCn1c(NC(=O)CCCc2nc3ccccc3c(=O)[nH]2)nc2ccccc21. The molecule has 1 amide bonds. The van der Waals surface area contributed by atoms with Gasteiger partial charge in [-0.1, -0.05) is 38.1 Å². The molecule has 0 bridgehead atoms. The minimum Gasteiger partial charge on any atom is -0.310 e. The molecule has 0 saturated heterocycles. The molecular weight excluding hydrogens is 416 g/mol. The summed E-state index contributed by atoms with van der Waals surface area (Å²) in [4.78, 5) is 39.2. The maximum atomic E-state index is 12.7. The van der Waals surface area contributed by atoms with Gasteiger partial charge in [0.05, 0.1) is 21.9 Å². The van der Waals surface area contributed by atoms with Crippen LogP contribution >= 0.6 is 0 Å². The van der Waals surface area contributed by atoms with E-state index in [1.54, 1.807) is 6.07 Å². The van der Waals surface area contributed by atoms with Gasteiger partial charge >= 0.3 is 0 Å². The number of likely N-dealkylation sites (N-methyl/N-ethyl adjacent to an activating group) is 1. The van der Waals surface area contributed by atoms with Crippen molar-refractivity contribution in [3.05, 3.63) is 64.7 Å². The number of carbonyl (C=O) groups excluding carboxylic acids is 1. The van der Waals surface area contributed by atoms with Crippen LogP contribution < -0.4 is 10.9 Å². The van der Waals surface area contributed by atoms with Crippen LogP contribution in [0.2, 0.25) is 0 Å². The number of nitrogens with one attached hydrogen (secondary N) is 2. The van der Waals surface area contributed by atoms with Crippen molar-refractivity contribution in [3.8, 4) is 0 Å². The van der Waals surface area contributed by atoms with E-state index in [2.05, 4.69) is 43.6 Å². The summed E-state index contributed by atoms with van der Waals surface area (Å²) in [6.07, 6.45) is 1.41. The molecule has 33 heavy (non-hydrogen) atoms. The largest absolute Gasteiger partial charge is 0.310 e. The molecular formula is C25H30N6O2. The van der Waals surface area contributed by atoms with Crippen LogP contribution in [-0.2, 0) is 17.8 Å². The number of rotatable bonds is 10. The van der Waals surface area contributed by atoms with Gasteiger partial charge in [-0.3, -0.25) is 14.9 Å². The third-order valence-corrected chi connectivity index (χ3v) is 5.92. The van der Waals surface area contributed by atoms with Crippen LogP contribution in [0.5, 0.6) is 0 Å². The molecule has 2 aromatic carbocycles. The highest BCUT2D eigenvalue weighted by atomic mass is 16.1. The molecule has 2 aromatic heterocycles. The monoisotopic (exact) mass is 446 g/mol. The lowest BCUT2D eigenvalue weighted by atomic mass is 10.2. The van der Waals surface area contributed by atoms with E-state index in [0.717, 1.165) is 37.2 Å². The molecule has 172 valence electrons. The summed E-state index contributed by atoms with van der Waals surface area (Å²) in [5.74, 6) is 1.07. The van der Waals surface area contributed by atoms with Gasteiger partial charge in [0.25, 0.3) is 5.56 Å². The Balaban J connectivity index is 1.41. The van der Waals surface area contributed by atoms with E-state index in [9.17, 15) is 9.59 Å². The lowest BCUT2D eigenvalue weighted by Crippen LogP contribution is -2.27. The molecule has 0 saturated carbocycles. The fraction of sp³-hybridized carbons (Fsp3) is 0.360. The summed E-state index contributed by atoms with van der Waals surface area (Å²) in [6.45, 7) is 7.90. The zero-order valence-electron chi connectivity index (χ0n) is 19.2. The molecule has 2 N–H and O–H groups in total. The van der Waals surface area contributed by atoms with Gasteiger partial charge in [0.15, 0.2) is 0 Å². The van der Waals surface area contributed by atoms with Gasteiger partial charge in [0.1, 0.15) is 5.82 Å². The molecule has 4 aromatic rings. The van der Waals surface area contributed by atoms with Crippen molar-refractivity contribution in [2.45, 2.75) is 39.7 Å². The Morgan fingerprint density at radius 2 is 1.76 bits per heavy atom. The number of H-pyrrole nitrogens is 1. The number of imidazole rings is 1. The summed E-state index contributed by atoms with van der Waals surface area (Å²) in [7, 11) is 0. The van der Waals surface area contributed by atoms with E-state index in [1.165, 1.54) is 0 Å². The zero-order valence-corrected chi connectivity index (χ0v) is 19.2. The zero-order chi connectivity index (χ0) is 23.2. The second kappa shape index (κ2) is 10.4. The highest BCUT2D eigenvalue weighted by molar-refractivity contribution is 5.91. The summed E-state index contributed by atoms with van der Waals surface area (Å²) in [5.41, 5.74) is 2.40. The first-order valence-corrected chi connectivity index (χ1v) is 11.5. The van der Waals surface area contributed by atoms with Crippen LogP contribution in [0.1, 0.15) is 32.5 Å². The van der Waals surface area contributed by atoms with E-state index in [0.29, 0.717) is 41.9 Å². The summed E-state index contributed by atoms with van der Waals surface area (Å²) < 4.78 is 2.08. The number of aromatic nitrogens is 4. The molecule has 0 unspecified atom stereocenters. The average molecular weight is 447 g/mol. The van der Waals surface area contributed by atoms with E-state index in [-0.39, 0.29) is 11.5 Å². The van der Waals surface area contributed by atoms with Gasteiger partial charge in [0, 0.05) is 25.9 Å². The van der Waals surface area contributed by atoms with E-state index in [1.807, 2.05) is 42.5 Å². The summed E-state index contributed by atoms with van der Waals surface area (Å²) >= 11 is 0. The molecule has 8 heteroatoms. The number of hydrogen-bond donors (Lipinski definition) is 2. The Hall–Kier alpha value is -3.52. The van der Waals surface area contributed by atoms with Crippen LogP contribution in [0.4, 0.5) is 5.95 Å². The second-order valence-electron chi connectivity index (χ2n) is 8.03. The fourth-order valence-corrected chi connectivity index (χ4v) is 4.04. The minimum atomic E-state index is -0.151. The van der Waals surface area contributed by atoms with E-state index in [4.69, 9.17) is 0 Å². The molecule has 4 rings (SSSR count). The van der Waals surface area contributed by atoms with Gasteiger partial charge < -0.3 is 14.5 Å². The van der Waals surface area contributed by atoms with Crippen molar-refractivity contribution >= 4 is 33.8 Å². The molecule has 0 aliphatic carbocycles. The predicted molar refractivity (Wildman–Crippen MR) is 131 cm³/mol. The maximum absolute atomic E-state index is 12.7. The van der Waals surface area contributed by atoms with E-state index >= 15 is 0 Å². The van der Waals surface area contributed by atoms with Gasteiger partial charge in [-0.25, -0.2) is 9.97 Å². The van der Waals surface area contributed by atoms with Gasteiger partial charge in [-0.15, -0.1) is 0 Å². The third kappa shape index (κ3) is 5.28. The molecule has 0 aliphatic heterocycles. The smallest absolute Gasteiger partial charge is 0.258 e. The number of benzene rings is 2. The highest BCUT2D eigenvalue weighted by Crippen LogP contribution is 2.20. The molecule has 0 aliphatic rings. The normalized spacial score (nSPS) is 11.5. The molecule has 0 atom stereocenters. The Kier molecular flexibility index (Phi) is 7.14. The molecule has 0 spiro atoms. The Labute approximate surface area is 192 Å². The van der Waals surface area contributed by atoms with Crippen molar-refractivity contribution in [1.29, 1.82) is 0 Å². The van der Waals surface area contributed by atoms with Gasteiger partial charge in [-0.05, 0) is 43.8 Å². The van der Waals surface area contributed by atoms with Gasteiger partial charge in [0.2, 0.25) is 11.9 Å². The number of aryl methyl sites for hydroxylation is 1. The van der Waals surface area contributed by atoms with Gasteiger partial charge in [-0.2, -0.15) is 0 Å². The highest BCUT2D eigenvalue weighted by Gasteiger charge is 2.14. The van der Waals surface area contributed by atoms with Crippen LogP contribution in [0, 0.1) is 0 Å². The number of carbonyl (C=O) groups is 1. The topological polar surface area (TPSA) is 95.9 Å². The fourth-order valence-electron chi connectivity index (χ4n) is 4.04. The van der Waals surface area contributed by atoms with Crippen LogP contribution in [0.25, 0.3) is 21.9 Å². The number of amides is 1. The number of fused-ring (bicyclic) bond motifs is 2.